The van der Waals surface area contributed by atoms with Crippen LogP contribution in [0.3, 0.4) is 0 Å². The van der Waals surface area contributed by atoms with E-state index in [-0.39, 0.29) is 6.54 Å². The highest BCUT2D eigenvalue weighted by Gasteiger charge is 2.26. The quantitative estimate of drug-likeness (QED) is 0.256. The molecule has 0 spiro atoms. The van der Waals surface area contributed by atoms with Gasteiger partial charge in [-0.2, -0.15) is 0 Å². The number of halogens is 2. The molecule has 5 nitrogen and oxygen atoms in total. The number of hydrogen-bond donors (Lipinski definition) is 1. The number of ether oxygens (including phenoxy) is 2. The maximum Gasteiger partial charge on any atom is 0.415 e. The van der Waals surface area contributed by atoms with Crippen molar-refractivity contribution in [1.29, 1.82) is 0 Å². The van der Waals surface area contributed by atoms with E-state index in [1.165, 1.54) is 5.54 Å². The molecule has 7 heteroatoms. The highest BCUT2D eigenvalue weighted by molar-refractivity contribution is 14.1. The van der Waals surface area contributed by atoms with Crippen LogP contribution in [-0.2, 0) is 11.3 Å². The van der Waals surface area contributed by atoms with E-state index in [0.29, 0.717) is 23.7 Å². The minimum Gasteiger partial charge on any atom is -0.488 e. The summed E-state index contributed by atoms with van der Waals surface area (Å²) in [4.78, 5) is 14.6. The van der Waals surface area contributed by atoms with Crippen molar-refractivity contribution in [3.8, 4) is 5.75 Å². The van der Waals surface area contributed by atoms with Crippen molar-refractivity contribution in [2.75, 3.05) is 17.2 Å². The third-order valence-electron chi connectivity index (χ3n) is 4.56. The second kappa shape index (κ2) is 10.4. The monoisotopic (exact) mass is 564 g/mol. The van der Waals surface area contributed by atoms with E-state index in [1.54, 1.807) is 11.0 Å². The largest absolute Gasteiger partial charge is 0.488 e. The molecule has 0 aromatic heterocycles. The van der Waals surface area contributed by atoms with Gasteiger partial charge in [-0.1, -0.05) is 54.1 Å². The van der Waals surface area contributed by atoms with Gasteiger partial charge >= 0.3 is 6.09 Å². The van der Waals surface area contributed by atoms with Crippen molar-refractivity contribution < 1.29 is 14.3 Å². The molecule has 2 N–H and O–H groups in total. The summed E-state index contributed by atoms with van der Waals surface area (Å²) in [7, 11) is 0. The highest BCUT2D eigenvalue weighted by atomic mass is 127. The van der Waals surface area contributed by atoms with Crippen molar-refractivity contribution >= 4 is 62.4 Å². The lowest BCUT2D eigenvalue weighted by Gasteiger charge is -2.28. The fourth-order valence-electron chi connectivity index (χ4n) is 3.15. The number of rotatable bonds is 6. The van der Waals surface area contributed by atoms with Crippen LogP contribution in [0.4, 0.5) is 16.2 Å². The summed E-state index contributed by atoms with van der Waals surface area (Å²) in [5.41, 5.74) is 9.17. The molecule has 0 saturated heterocycles. The summed E-state index contributed by atoms with van der Waals surface area (Å²) in [6.45, 7) is 6.15. The predicted molar refractivity (Wildman–Crippen MR) is 140 cm³/mol. The van der Waals surface area contributed by atoms with Gasteiger partial charge in [0.2, 0.25) is 0 Å². The first kappa shape index (κ1) is 24.2. The fraction of sp³-hybridized carbons (Fsp3) is 0.240. The van der Waals surface area contributed by atoms with Crippen molar-refractivity contribution in [2.45, 2.75) is 33.0 Å². The van der Waals surface area contributed by atoms with E-state index in [4.69, 9.17) is 26.8 Å². The van der Waals surface area contributed by atoms with Crippen LogP contribution in [0.2, 0.25) is 0 Å². The Morgan fingerprint density at radius 2 is 1.84 bits per heavy atom. The van der Waals surface area contributed by atoms with E-state index in [9.17, 15) is 4.79 Å². The Labute approximate surface area is 207 Å². The van der Waals surface area contributed by atoms with Crippen molar-refractivity contribution in [3.05, 3.63) is 75.3 Å². The van der Waals surface area contributed by atoms with E-state index >= 15 is 0 Å². The van der Waals surface area contributed by atoms with Crippen LogP contribution in [0.1, 0.15) is 26.3 Å². The lowest BCUT2D eigenvalue weighted by Crippen LogP contribution is -2.37. The maximum absolute atomic E-state index is 13.1. The average molecular weight is 565 g/mol. The summed E-state index contributed by atoms with van der Waals surface area (Å²) >= 11 is 8.01. The number of nitrogen functional groups attached to an aromatic ring is 1. The van der Waals surface area contributed by atoms with Gasteiger partial charge in [-0.15, -0.1) is 0 Å². The number of anilines is 2. The molecule has 0 aliphatic heterocycles. The highest BCUT2D eigenvalue weighted by Crippen LogP contribution is 2.39. The molecule has 3 aromatic carbocycles. The topological polar surface area (TPSA) is 64.8 Å². The molecule has 0 atom stereocenters. The summed E-state index contributed by atoms with van der Waals surface area (Å²) in [6, 6.07) is 17.4. The van der Waals surface area contributed by atoms with Crippen molar-refractivity contribution in [2.24, 2.45) is 0 Å². The smallest absolute Gasteiger partial charge is 0.415 e. The number of carbonyl (C=O) groups is 1. The van der Waals surface area contributed by atoms with Gasteiger partial charge < -0.3 is 15.2 Å². The van der Waals surface area contributed by atoms with Crippen molar-refractivity contribution in [3.63, 3.8) is 0 Å². The Morgan fingerprint density at radius 1 is 1.12 bits per heavy atom. The van der Waals surface area contributed by atoms with E-state index < -0.39 is 11.7 Å². The lowest BCUT2D eigenvalue weighted by atomic mass is 10.1. The normalized spacial score (nSPS) is 11.7. The molecule has 0 heterocycles. The molecule has 1 amide bonds. The number of nitrogens with zero attached hydrogens (tertiary/aromatic N) is 1. The van der Waals surface area contributed by atoms with Crippen LogP contribution in [0, 0.1) is 3.57 Å². The molecule has 0 bridgehead atoms. The zero-order chi connectivity index (χ0) is 23.3. The maximum atomic E-state index is 13.1. The predicted octanol–water partition coefficient (Wildman–Crippen LogP) is 7.10. The molecule has 3 aromatic rings. The molecule has 3 rings (SSSR count). The van der Waals surface area contributed by atoms with Crippen LogP contribution >= 0.6 is 34.2 Å². The summed E-state index contributed by atoms with van der Waals surface area (Å²) in [5, 5.41) is 1.81. The van der Waals surface area contributed by atoms with Crippen LogP contribution in [0.5, 0.6) is 5.75 Å². The van der Waals surface area contributed by atoms with Gasteiger partial charge in [-0.25, -0.2) is 4.79 Å². The first-order valence-corrected chi connectivity index (χ1v) is 11.7. The Bertz CT molecular complexity index is 1130. The van der Waals surface area contributed by atoms with Gasteiger partial charge in [-0.05, 0) is 61.1 Å². The zero-order valence-electron chi connectivity index (χ0n) is 18.3. The average Bonchev–Trinajstić information content (AvgIpc) is 2.74. The molecule has 32 heavy (non-hydrogen) atoms. The van der Waals surface area contributed by atoms with Gasteiger partial charge in [0.25, 0.3) is 0 Å². The number of amides is 1. The fourth-order valence-corrected chi connectivity index (χ4v) is 4.14. The minimum absolute atomic E-state index is 0.257. The number of hydrogen-bond acceptors (Lipinski definition) is 4. The molecule has 0 radical (unpaired) electrons. The molecule has 0 fully saturated rings. The standard InChI is InChI=1S/C25H26ClIN2O3/c1-25(2,3)32-24(30)29(13-7-12-26)21-15-22(31-16-17-8-5-4-6-9-17)20-14-18(28)10-11-19(20)23(21)27/h4-12,14-15H,13,16,28H2,1-3H3/b12-7-. The number of carbonyl (C=O) groups excluding carboxylic acids is 1. The van der Waals surface area contributed by atoms with Gasteiger partial charge in [0.15, 0.2) is 0 Å². The van der Waals surface area contributed by atoms with Crippen LogP contribution in [0.25, 0.3) is 10.8 Å². The summed E-state index contributed by atoms with van der Waals surface area (Å²) < 4.78 is 12.7. The zero-order valence-corrected chi connectivity index (χ0v) is 21.2. The van der Waals surface area contributed by atoms with Gasteiger partial charge in [0.05, 0.1) is 5.69 Å². The van der Waals surface area contributed by atoms with E-state index in [2.05, 4.69) is 22.6 Å². The van der Waals surface area contributed by atoms with E-state index in [0.717, 1.165) is 19.9 Å². The molecule has 168 valence electrons. The van der Waals surface area contributed by atoms with Crippen molar-refractivity contribution in [1.82, 2.24) is 0 Å². The van der Waals surface area contributed by atoms with Crippen LogP contribution in [0.15, 0.2) is 66.2 Å². The van der Waals surface area contributed by atoms with Gasteiger partial charge in [0, 0.05) is 38.2 Å². The molecule has 0 saturated carbocycles. The Kier molecular flexibility index (Phi) is 7.90. The second-order valence-electron chi connectivity index (χ2n) is 8.24. The molecular weight excluding hydrogens is 539 g/mol. The Hall–Kier alpha value is -2.45. The molecule has 0 unspecified atom stereocenters. The molecule has 0 aliphatic carbocycles. The van der Waals surface area contributed by atoms with Gasteiger partial charge in [-0.3, -0.25) is 4.90 Å². The SMILES string of the molecule is CC(C)(C)OC(=O)N(C/C=C\Cl)c1cc(OCc2ccccc2)c2cc(N)ccc2c1I. The first-order valence-electron chi connectivity index (χ1n) is 10.1. The van der Waals surface area contributed by atoms with E-state index in [1.807, 2.05) is 75.4 Å². The summed E-state index contributed by atoms with van der Waals surface area (Å²) in [5.74, 6) is 0.634. The number of benzene rings is 3. The lowest BCUT2D eigenvalue weighted by molar-refractivity contribution is 0.0584. The molecule has 0 aliphatic rings. The summed E-state index contributed by atoms with van der Waals surface area (Å²) in [6.07, 6.45) is 1.23. The second-order valence-corrected chi connectivity index (χ2v) is 9.57. The number of fused-ring (bicyclic) bond motifs is 1. The Morgan fingerprint density at radius 3 is 2.50 bits per heavy atom. The first-order chi connectivity index (χ1) is 15.2. The number of nitrogens with two attached hydrogens (primary N) is 1. The van der Waals surface area contributed by atoms with Crippen LogP contribution < -0.4 is 15.4 Å². The molecular formula is C25H26ClIN2O3. The Balaban J connectivity index is 2.10. The third-order valence-corrected chi connectivity index (χ3v) is 5.87. The van der Waals surface area contributed by atoms with Gasteiger partial charge in [0.1, 0.15) is 18.0 Å². The third kappa shape index (κ3) is 6.07. The van der Waals surface area contributed by atoms with Crippen LogP contribution in [-0.4, -0.2) is 18.2 Å². The minimum atomic E-state index is -0.636.